The molecule has 4 rings (SSSR count). The van der Waals surface area contributed by atoms with Crippen LogP contribution in [-0.2, 0) is 16.2 Å². The summed E-state index contributed by atoms with van der Waals surface area (Å²) in [5.41, 5.74) is 1.16. The minimum absolute atomic E-state index is 0.0124. The van der Waals surface area contributed by atoms with Crippen molar-refractivity contribution in [1.82, 2.24) is 5.32 Å². The monoisotopic (exact) mass is 520 g/mol. The van der Waals surface area contributed by atoms with Crippen molar-refractivity contribution >= 4 is 47.2 Å². The molecule has 0 bridgehead atoms. The number of aromatic carboxylic acids is 1. The molecule has 188 valence electrons. The van der Waals surface area contributed by atoms with Crippen LogP contribution in [0.4, 0.5) is 10.5 Å². The minimum Gasteiger partial charge on any atom is -0.490 e. The van der Waals surface area contributed by atoms with Crippen LogP contribution in [-0.4, -0.2) is 35.5 Å². The number of barbiturate groups is 1. The number of amides is 4. The lowest BCUT2D eigenvalue weighted by molar-refractivity contribution is -0.122. The molecular formula is C27H21ClN2O7. The van der Waals surface area contributed by atoms with Crippen molar-refractivity contribution in [2.45, 2.75) is 13.5 Å². The fourth-order valence-corrected chi connectivity index (χ4v) is 3.81. The fourth-order valence-electron chi connectivity index (χ4n) is 3.60. The van der Waals surface area contributed by atoms with Crippen molar-refractivity contribution in [3.05, 3.63) is 94.0 Å². The highest BCUT2D eigenvalue weighted by Crippen LogP contribution is 2.31. The van der Waals surface area contributed by atoms with Crippen molar-refractivity contribution in [2.24, 2.45) is 0 Å². The fraction of sp³-hybridized carbons (Fsp3) is 0.111. The Bertz CT molecular complexity index is 1420. The summed E-state index contributed by atoms with van der Waals surface area (Å²) in [6, 6.07) is 16.4. The van der Waals surface area contributed by atoms with E-state index in [0.717, 1.165) is 10.5 Å². The average molecular weight is 521 g/mol. The van der Waals surface area contributed by atoms with Gasteiger partial charge in [0, 0.05) is 5.02 Å². The second-order valence-electron chi connectivity index (χ2n) is 7.87. The summed E-state index contributed by atoms with van der Waals surface area (Å²) in [4.78, 5) is 49.9. The molecule has 9 nitrogen and oxygen atoms in total. The Labute approximate surface area is 216 Å². The number of urea groups is 1. The first-order chi connectivity index (χ1) is 17.8. The lowest BCUT2D eigenvalue weighted by Crippen LogP contribution is -2.54. The molecule has 1 aliphatic rings. The summed E-state index contributed by atoms with van der Waals surface area (Å²) in [6.07, 6.45) is 1.34. The van der Waals surface area contributed by atoms with E-state index in [-0.39, 0.29) is 23.4 Å². The van der Waals surface area contributed by atoms with Gasteiger partial charge < -0.3 is 14.6 Å². The maximum atomic E-state index is 13.1. The van der Waals surface area contributed by atoms with Crippen molar-refractivity contribution in [3.8, 4) is 11.5 Å². The van der Waals surface area contributed by atoms with E-state index in [1.54, 1.807) is 30.3 Å². The number of nitrogens with zero attached hydrogens (tertiary/aromatic N) is 1. The van der Waals surface area contributed by atoms with Gasteiger partial charge in [0.1, 0.15) is 12.2 Å². The Morgan fingerprint density at radius 2 is 1.76 bits per heavy atom. The summed E-state index contributed by atoms with van der Waals surface area (Å²) < 4.78 is 11.6. The Kier molecular flexibility index (Phi) is 7.55. The number of anilines is 1. The zero-order chi connectivity index (χ0) is 26.5. The third-order valence-corrected chi connectivity index (χ3v) is 5.57. The molecule has 1 heterocycles. The van der Waals surface area contributed by atoms with Crippen LogP contribution in [0.3, 0.4) is 0 Å². The van der Waals surface area contributed by atoms with Gasteiger partial charge in [-0.3, -0.25) is 14.9 Å². The lowest BCUT2D eigenvalue weighted by Gasteiger charge is -2.26. The first kappa shape index (κ1) is 25.5. The highest BCUT2D eigenvalue weighted by atomic mass is 35.5. The van der Waals surface area contributed by atoms with E-state index in [0.29, 0.717) is 28.7 Å². The normalized spacial score (nSPS) is 14.5. The smallest absolute Gasteiger partial charge is 0.335 e. The molecule has 0 spiro atoms. The quantitative estimate of drug-likeness (QED) is 0.326. The van der Waals surface area contributed by atoms with Crippen LogP contribution in [0.5, 0.6) is 11.5 Å². The molecule has 0 atom stereocenters. The predicted octanol–water partition coefficient (Wildman–Crippen LogP) is 4.68. The number of carboxylic acids is 1. The molecule has 37 heavy (non-hydrogen) atoms. The number of benzene rings is 3. The molecule has 2 N–H and O–H groups in total. The standard InChI is InChI=1S/C27H21ClN2O7/c1-2-36-23-14-16(6-11-22(23)37-15-17-4-3-5-19(28)12-17)13-21-24(31)29-27(35)30(25(21)32)20-9-7-18(8-10-20)26(33)34/h3-14H,2,15H2,1H3,(H,33,34)(H,29,31,35)/b21-13+. The van der Waals surface area contributed by atoms with Crippen molar-refractivity contribution in [3.63, 3.8) is 0 Å². The third kappa shape index (κ3) is 5.79. The Balaban J connectivity index is 1.60. The average Bonchev–Trinajstić information content (AvgIpc) is 2.86. The molecule has 3 aromatic rings. The number of carbonyl (C=O) groups is 4. The van der Waals surface area contributed by atoms with Crippen LogP contribution in [0, 0.1) is 0 Å². The van der Waals surface area contributed by atoms with Gasteiger partial charge in [-0.2, -0.15) is 0 Å². The van der Waals surface area contributed by atoms with E-state index in [4.69, 9.17) is 26.2 Å². The van der Waals surface area contributed by atoms with Gasteiger partial charge in [-0.1, -0.05) is 29.8 Å². The van der Waals surface area contributed by atoms with E-state index in [2.05, 4.69) is 5.32 Å². The number of carboxylic acid groups (broad SMARTS) is 1. The summed E-state index contributed by atoms with van der Waals surface area (Å²) in [5, 5.41) is 11.8. The van der Waals surface area contributed by atoms with Crippen molar-refractivity contribution in [1.29, 1.82) is 0 Å². The van der Waals surface area contributed by atoms with Crippen molar-refractivity contribution < 1.29 is 33.8 Å². The molecule has 1 saturated heterocycles. The number of imide groups is 2. The second-order valence-corrected chi connectivity index (χ2v) is 8.30. The lowest BCUT2D eigenvalue weighted by atomic mass is 10.1. The molecule has 1 aliphatic heterocycles. The van der Waals surface area contributed by atoms with E-state index in [9.17, 15) is 19.2 Å². The van der Waals surface area contributed by atoms with Crippen LogP contribution < -0.4 is 19.7 Å². The van der Waals surface area contributed by atoms with Crippen LogP contribution in [0.1, 0.15) is 28.4 Å². The summed E-state index contributed by atoms with van der Waals surface area (Å²) in [6.45, 7) is 2.41. The molecule has 4 amide bonds. The summed E-state index contributed by atoms with van der Waals surface area (Å²) >= 11 is 6.03. The number of nitrogens with one attached hydrogen (secondary N) is 1. The zero-order valence-electron chi connectivity index (χ0n) is 19.6. The second kappa shape index (κ2) is 11.0. The number of carbonyl (C=O) groups excluding carboxylic acids is 3. The Morgan fingerprint density at radius 1 is 1.00 bits per heavy atom. The predicted molar refractivity (Wildman–Crippen MR) is 136 cm³/mol. The first-order valence-corrected chi connectivity index (χ1v) is 11.5. The van der Waals surface area contributed by atoms with Gasteiger partial charge in [-0.05, 0) is 72.7 Å². The van der Waals surface area contributed by atoms with Crippen LogP contribution in [0.2, 0.25) is 5.02 Å². The van der Waals surface area contributed by atoms with Crippen LogP contribution >= 0.6 is 11.6 Å². The molecule has 0 aliphatic carbocycles. The van der Waals surface area contributed by atoms with Gasteiger partial charge in [0.25, 0.3) is 11.8 Å². The van der Waals surface area contributed by atoms with Crippen LogP contribution in [0.25, 0.3) is 6.08 Å². The van der Waals surface area contributed by atoms with Gasteiger partial charge in [0.05, 0.1) is 17.9 Å². The van der Waals surface area contributed by atoms with Crippen molar-refractivity contribution in [2.75, 3.05) is 11.5 Å². The highest BCUT2D eigenvalue weighted by molar-refractivity contribution is 6.39. The summed E-state index contributed by atoms with van der Waals surface area (Å²) in [5.74, 6) is -2.00. The number of hydrogen-bond donors (Lipinski definition) is 2. The van der Waals surface area contributed by atoms with E-state index in [1.165, 1.54) is 30.3 Å². The molecule has 0 aromatic heterocycles. The summed E-state index contributed by atoms with van der Waals surface area (Å²) in [7, 11) is 0. The Morgan fingerprint density at radius 3 is 2.43 bits per heavy atom. The largest absolute Gasteiger partial charge is 0.490 e. The molecule has 10 heteroatoms. The number of hydrogen-bond acceptors (Lipinski definition) is 6. The first-order valence-electron chi connectivity index (χ1n) is 11.2. The third-order valence-electron chi connectivity index (χ3n) is 5.34. The van der Waals surface area contributed by atoms with Gasteiger partial charge in [-0.15, -0.1) is 0 Å². The SMILES string of the molecule is CCOc1cc(/C=C2\C(=O)NC(=O)N(c3ccc(C(=O)O)cc3)C2=O)ccc1OCc1cccc(Cl)c1. The molecule has 3 aromatic carbocycles. The minimum atomic E-state index is -1.15. The number of halogens is 1. The topological polar surface area (TPSA) is 122 Å². The van der Waals surface area contributed by atoms with Gasteiger partial charge in [0.15, 0.2) is 11.5 Å². The molecule has 0 saturated carbocycles. The van der Waals surface area contributed by atoms with E-state index >= 15 is 0 Å². The van der Waals surface area contributed by atoms with E-state index in [1.807, 2.05) is 19.1 Å². The molecule has 0 unspecified atom stereocenters. The zero-order valence-corrected chi connectivity index (χ0v) is 20.3. The van der Waals surface area contributed by atoms with Gasteiger partial charge >= 0.3 is 12.0 Å². The Hall–Kier alpha value is -4.63. The van der Waals surface area contributed by atoms with Crippen LogP contribution in [0.15, 0.2) is 72.3 Å². The van der Waals surface area contributed by atoms with E-state index < -0.39 is 23.8 Å². The number of rotatable bonds is 8. The molecular weight excluding hydrogens is 500 g/mol. The highest BCUT2D eigenvalue weighted by Gasteiger charge is 2.36. The molecule has 1 fully saturated rings. The maximum absolute atomic E-state index is 13.1. The van der Waals surface area contributed by atoms with Gasteiger partial charge in [-0.25, -0.2) is 14.5 Å². The molecule has 0 radical (unpaired) electrons. The van der Waals surface area contributed by atoms with Gasteiger partial charge in [0.2, 0.25) is 0 Å². The maximum Gasteiger partial charge on any atom is 0.335 e. The number of ether oxygens (including phenoxy) is 2.